The number of piperazine rings is 1. The molecule has 220 valence electrons. The molecule has 8 nitrogen and oxygen atoms in total. The summed E-state index contributed by atoms with van der Waals surface area (Å²) in [6.45, 7) is 4.08. The van der Waals surface area contributed by atoms with E-state index in [1.54, 1.807) is 0 Å². The highest BCUT2D eigenvalue weighted by Crippen LogP contribution is 2.45. The molecule has 2 saturated heterocycles. The van der Waals surface area contributed by atoms with Crippen LogP contribution in [-0.4, -0.2) is 70.5 Å². The van der Waals surface area contributed by atoms with Gasteiger partial charge in [-0.2, -0.15) is 0 Å². The molecular weight excluding hydrogens is 540 g/mol. The molecule has 8 rings (SSSR count). The number of rotatable bonds is 6. The minimum Gasteiger partial charge on any atom is -0.454 e. The minimum atomic E-state index is -0.531. The van der Waals surface area contributed by atoms with Crippen molar-refractivity contribution >= 4 is 22.7 Å². The van der Waals surface area contributed by atoms with Crippen LogP contribution in [0.4, 0.5) is 0 Å². The molecule has 2 atom stereocenters. The van der Waals surface area contributed by atoms with E-state index in [9.17, 15) is 9.59 Å². The van der Waals surface area contributed by atoms with Crippen molar-refractivity contribution in [3.63, 3.8) is 0 Å². The molecule has 0 radical (unpaired) electrons. The Labute approximate surface area is 251 Å². The summed E-state index contributed by atoms with van der Waals surface area (Å²) < 4.78 is 11.2. The summed E-state index contributed by atoms with van der Waals surface area (Å²) in [6, 6.07) is 23.8. The largest absolute Gasteiger partial charge is 0.454 e. The number of nitrogens with zero attached hydrogens (tertiary/aromatic N) is 3. The van der Waals surface area contributed by atoms with Crippen LogP contribution < -0.4 is 9.47 Å². The standard InChI is InChI=1S/C35H36N4O4/c40-32-21-38(17-14-23-12-15-37(16-13-23)20-24-6-2-1-3-7-24)35(41)29-19-27-26-8-4-5-9-28(26)36-33(27)34(39(29)32)25-10-11-30-31(18-25)43-22-42-30/h1-11,18,23,29,34,36H,12-17,19-22H2/t29?,34-/m1/s1. The highest BCUT2D eigenvalue weighted by Gasteiger charge is 2.48. The van der Waals surface area contributed by atoms with Gasteiger partial charge in [-0.25, -0.2) is 0 Å². The SMILES string of the molecule is O=C1C2Cc3c([nH]c4ccccc34)[C@@H](c3ccc4c(c3)OCO4)N2C(=O)CN1CCC1CCN(Cc2ccccc2)CC1. The first-order valence-electron chi connectivity index (χ1n) is 15.5. The van der Waals surface area contributed by atoms with Crippen molar-refractivity contribution in [3.05, 3.63) is 95.2 Å². The van der Waals surface area contributed by atoms with E-state index in [2.05, 4.69) is 52.3 Å². The molecule has 0 aliphatic carbocycles. The lowest BCUT2D eigenvalue weighted by Crippen LogP contribution is -2.63. The number of carbonyl (C=O) groups is 2. The lowest BCUT2D eigenvalue weighted by molar-refractivity contribution is -0.158. The van der Waals surface area contributed by atoms with Crippen LogP contribution in [0, 0.1) is 5.92 Å². The number of H-pyrrole nitrogens is 1. The Bertz CT molecular complexity index is 1680. The molecule has 1 aromatic heterocycles. The summed E-state index contributed by atoms with van der Waals surface area (Å²) in [5.41, 5.74) is 5.39. The topological polar surface area (TPSA) is 78.1 Å². The molecule has 3 aromatic carbocycles. The Hall–Kier alpha value is -4.30. The summed E-state index contributed by atoms with van der Waals surface area (Å²) >= 11 is 0. The van der Waals surface area contributed by atoms with Crippen LogP contribution in [0.5, 0.6) is 11.5 Å². The fourth-order valence-corrected chi connectivity index (χ4v) is 7.56. The number of carbonyl (C=O) groups excluding carboxylic acids is 2. The number of para-hydroxylation sites is 1. The summed E-state index contributed by atoms with van der Waals surface area (Å²) in [7, 11) is 0. The van der Waals surface area contributed by atoms with Crippen LogP contribution in [0.3, 0.4) is 0 Å². The van der Waals surface area contributed by atoms with Gasteiger partial charge >= 0.3 is 0 Å². The van der Waals surface area contributed by atoms with E-state index < -0.39 is 12.1 Å². The van der Waals surface area contributed by atoms with Gasteiger partial charge in [0, 0.05) is 36.1 Å². The number of aromatic nitrogens is 1. The lowest BCUT2D eigenvalue weighted by Gasteiger charge is -2.47. The van der Waals surface area contributed by atoms with Gasteiger partial charge < -0.3 is 24.3 Å². The molecule has 0 spiro atoms. The number of amides is 2. The molecule has 1 N–H and O–H groups in total. The van der Waals surface area contributed by atoms with Gasteiger partial charge in [-0.3, -0.25) is 14.5 Å². The molecule has 5 heterocycles. The van der Waals surface area contributed by atoms with Crippen LogP contribution in [0.2, 0.25) is 0 Å². The van der Waals surface area contributed by atoms with E-state index in [-0.39, 0.29) is 25.2 Å². The number of fused-ring (bicyclic) bond motifs is 5. The van der Waals surface area contributed by atoms with Crippen LogP contribution in [0.25, 0.3) is 10.9 Å². The first-order valence-corrected chi connectivity index (χ1v) is 15.5. The van der Waals surface area contributed by atoms with Gasteiger partial charge in [-0.1, -0.05) is 54.6 Å². The Morgan fingerprint density at radius 3 is 2.53 bits per heavy atom. The third kappa shape index (κ3) is 4.74. The van der Waals surface area contributed by atoms with E-state index in [1.165, 1.54) is 5.56 Å². The predicted molar refractivity (Wildman–Crippen MR) is 163 cm³/mol. The maximum atomic E-state index is 14.1. The Balaban J connectivity index is 1.01. The number of nitrogens with one attached hydrogen (secondary N) is 1. The number of hydrogen-bond donors (Lipinski definition) is 1. The first-order chi connectivity index (χ1) is 21.1. The molecule has 0 saturated carbocycles. The van der Waals surface area contributed by atoms with E-state index in [0.717, 1.165) is 66.6 Å². The van der Waals surface area contributed by atoms with Crippen molar-refractivity contribution in [2.24, 2.45) is 5.92 Å². The van der Waals surface area contributed by atoms with Gasteiger partial charge in [0.2, 0.25) is 18.6 Å². The van der Waals surface area contributed by atoms with E-state index in [0.29, 0.717) is 30.4 Å². The van der Waals surface area contributed by atoms with Crippen LogP contribution in [0.15, 0.2) is 72.8 Å². The number of aromatic amines is 1. The van der Waals surface area contributed by atoms with Crippen molar-refractivity contribution in [1.82, 2.24) is 19.7 Å². The number of hydrogen-bond acceptors (Lipinski definition) is 5. The molecule has 4 aliphatic heterocycles. The van der Waals surface area contributed by atoms with Crippen molar-refractivity contribution in [1.29, 1.82) is 0 Å². The predicted octanol–water partition coefficient (Wildman–Crippen LogP) is 4.88. The van der Waals surface area contributed by atoms with Gasteiger partial charge in [0.15, 0.2) is 11.5 Å². The quantitative estimate of drug-likeness (QED) is 0.354. The highest BCUT2D eigenvalue weighted by atomic mass is 16.7. The van der Waals surface area contributed by atoms with Crippen LogP contribution in [0.1, 0.15) is 47.7 Å². The maximum Gasteiger partial charge on any atom is 0.246 e. The molecule has 1 unspecified atom stereocenters. The molecule has 4 aliphatic rings. The number of benzene rings is 3. The average molecular weight is 577 g/mol. The van der Waals surface area contributed by atoms with Gasteiger partial charge in [0.25, 0.3) is 0 Å². The Morgan fingerprint density at radius 2 is 1.67 bits per heavy atom. The zero-order valence-electron chi connectivity index (χ0n) is 24.2. The van der Waals surface area contributed by atoms with Crippen LogP contribution in [-0.2, 0) is 22.6 Å². The van der Waals surface area contributed by atoms with Gasteiger partial charge in [-0.15, -0.1) is 0 Å². The average Bonchev–Trinajstić information content (AvgIpc) is 3.66. The minimum absolute atomic E-state index is 0.00532. The zero-order chi connectivity index (χ0) is 28.9. The molecule has 8 heteroatoms. The maximum absolute atomic E-state index is 14.1. The zero-order valence-corrected chi connectivity index (χ0v) is 24.2. The fraction of sp³-hybridized carbons (Fsp3) is 0.371. The Morgan fingerprint density at radius 1 is 0.884 bits per heavy atom. The van der Waals surface area contributed by atoms with Gasteiger partial charge in [0.05, 0.1) is 12.6 Å². The Kier molecular flexibility index (Phi) is 6.59. The summed E-state index contributed by atoms with van der Waals surface area (Å²) in [4.78, 5) is 37.9. The van der Waals surface area contributed by atoms with E-state index in [1.807, 2.05) is 40.1 Å². The van der Waals surface area contributed by atoms with Crippen molar-refractivity contribution in [2.45, 2.75) is 44.3 Å². The number of ether oxygens (including phenoxy) is 2. The van der Waals surface area contributed by atoms with Gasteiger partial charge in [0.1, 0.15) is 6.04 Å². The molecule has 0 bridgehead atoms. The van der Waals surface area contributed by atoms with E-state index in [4.69, 9.17) is 9.47 Å². The number of likely N-dealkylation sites (tertiary alicyclic amines) is 1. The fourth-order valence-electron chi connectivity index (χ4n) is 7.56. The first kappa shape index (κ1) is 26.3. The monoisotopic (exact) mass is 576 g/mol. The second-order valence-electron chi connectivity index (χ2n) is 12.4. The molecule has 2 fully saturated rings. The second-order valence-corrected chi connectivity index (χ2v) is 12.4. The summed E-state index contributed by atoms with van der Waals surface area (Å²) in [5, 5.41) is 1.11. The smallest absolute Gasteiger partial charge is 0.246 e. The van der Waals surface area contributed by atoms with Crippen LogP contribution >= 0.6 is 0 Å². The molecule has 43 heavy (non-hydrogen) atoms. The molecule has 4 aromatic rings. The van der Waals surface area contributed by atoms with Crippen molar-refractivity contribution < 1.29 is 19.1 Å². The number of piperidine rings is 1. The van der Waals surface area contributed by atoms with E-state index >= 15 is 0 Å². The third-order valence-corrected chi connectivity index (χ3v) is 9.82. The summed E-state index contributed by atoms with van der Waals surface area (Å²) in [6.07, 6.45) is 3.71. The molecular formula is C35H36N4O4. The normalized spacial score (nSPS) is 22.2. The lowest BCUT2D eigenvalue weighted by atomic mass is 9.86. The third-order valence-electron chi connectivity index (χ3n) is 9.82. The van der Waals surface area contributed by atoms with Gasteiger partial charge in [-0.05, 0) is 73.2 Å². The second kappa shape index (κ2) is 10.8. The molecule has 2 amide bonds. The van der Waals surface area contributed by atoms with Crippen molar-refractivity contribution in [2.75, 3.05) is 33.0 Å². The highest BCUT2D eigenvalue weighted by molar-refractivity contribution is 5.97. The summed E-state index contributed by atoms with van der Waals surface area (Å²) in [5.74, 6) is 1.99. The van der Waals surface area contributed by atoms with Crippen molar-refractivity contribution in [3.8, 4) is 11.5 Å².